The number of hydrogen-bond donors (Lipinski definition) is 3. The molecule has 1 saturated carbocycles. The number of guanidine groups is 1. The lowest BCUT2D eigenvalue weighted by atomic mass is 10.2. The molecule has 5 heteroatoms. The summed E-state index contributed by atoms with van der Waals surface area (Å²) in [7, 11) is 2.16. The molecule has 0 spiro atoms. The minimum absolute atomic E-state index is 0.592. The molecule has 0 aromatic heterocycles. The first-order chi connectivity index (χ1) is 7.29. The van der Waals surface area contributed by atoms with E-state index in [-0.39, 0.29) is 0 Å². The quantitative estimate of drug-likeness (QED) is 0.258. The molecule has 1 unspecified atom stereocenters. The number of nitrogens with zero attached hydrogens (tertiary/aromatic N) is 2. The Bertz CT molecular complexity index is 236. The molecule has 86 valence electrons. The molecule has 2 rings (SSSR count). The average Bonchev–Trinajstić information content (AvgIpc) is 2.96. The van der Waals surface area contributed by atoms with Gasteiger partial charge in [-0.05, 0) is 39.3 Å². The molecule has 0 radical (unpaired) electrons. The molecule has 1 aliphatic carbocycles. The Morgan fingerprint density at radius 2 is 2.27 bits per heavy atom. The van der Waals surface area contributed by atoms with Crippen LogP contribution in [-0.2, 0) is 0 Å². The fourth-order valence-corrected chi connectivity index (χ4v) is 1.96. The molecule has 0 amide bonds. The Hall–Kier alpha value is -0.810. The molecule has 0 aromatic rings. The monoisotopic (exact) mass is 211 g/mol. The number of nitrogens with one attached hydrogen (secondary N) is 2. The molecule has 1 aliphatic heterocycles. The van der Waals surface area contributed by atoms with Crippen molar-refractivity contribution in [3.8, 4) is 0 Å². The summed E-state index contributed by atoms with van der Waals surface area (Å²) < 4.78 is 0. The zero-order valence-electron chi connectivity index (χ0n) is 9.37. The van der Waals surface area contributed by atoms with Gasteiger partial charge in [0.05, 0.1) is 6.54 Å². The molecular weight excluding hydrogens is 190 g/mol. The van der Waals surface area contributed by atoms with Gasteiger partial charge in [0.25, 0.3) is 0 Å². The Morgan fingerprint density at radius 3 is 2.80 bits per heavy atom. The average molecular weight is 211 g/mol. The molecule has 2 aliphatic rings. The highest BCUT2D eigenvalue weighted by Gasteiger charge is 2.23. The summed E-state index contributed by atoms with van der Waals surface area (Å²) in [5.41, 5.74) is 2.63. The molecule has 1 heterocycles. The molecule has 15 heavy (non-hydrogen) atoms. The van der Waals surface area contributed by atoms with E-state index in [1.165, 1.54) is 32.2 Å². The number of likely N-dealkylation sites (tertiary alicyclic amines) is 1. The van der Waals surface area contributed by atoms with Crippen molar-refractivity contribution in [3.63, 3.8) is 0 Å². The number of likely N-dealkylation sites (N-methyl/N-ethyl adjacent to an activating group) is 1. The lowest BCUT2D eigenvalue weighted by Crippen LogP contribution is -2.43. The zero-order chi connectivity index (χ0) is 10.7. The van der Waals surface area contributed by atoms with Crippen LogP contribution in [0.15, 0.2) is 4.99 Å². The first kappa shape index (κ1) is 10.7. The van der Waals surface area contributed by atoms with Gasteiger partial charge in [0.2, 0.25) is 5.96 Å². The van der Waals surface area contributed by atoms with Crippen LogP contribution in [0.5, 0.6) is 0 Å². The van der Waals surface area contributed by atoms with E-state index in [0.29, 0.717) is 12.1 Å². The Kier molecular flexibility index (Phi) is 3.43. The third kappa shape index (κ3) is 3.07. The molecular formula is C10H21N5. The van der Waals surface area contributed by atoms with E-state index in [2.05, 4.69) is 27.7 Å². The van der Waals surface area contributed by atoms with Crippen LogP contribution in [0.2, 0.25) is 0 Å². The van der Waals surface area contributed by atoms with Crippen LogP contribution in [-0.4, -0.2) is 43.1 Å². The maximum absolute atomic E-state index is 5.41. The maximum Gasteiger partial charge on any atom is 0.206 e. The third-order valence-electron chi connectivity index (χ3n) is 3.19. The van der Waals surface area contributed by atoms with Gasteiger partial charge in [0, 0.05) is 12.1 Å². The molecule has 1 saturated heterocycles. The number of aliphatic imine (C=N–C) groups is 1. The number of nitrogens with two attached hydrogens (primary N) is 1. The SMILES string of the molecule is CN1CCCC1CN=C(NN)NC1CC1. The summed E-state index contributed by atoms with van der Waals surface area (Å²) in [6, 6.07) is 1.19. The van der Waals surface area contributed by atoms with Crippen LogP contribution in [0.3, 0.4) is 0 Å². The largest absolute Gasteiger partial charge is 0.353 e. The van der Waals surface area contributed by atoms with Crippen LogP contribution in [0.25, 0.3) is 0 Å². The second kappa shape index (κ2) is 4.81. The van der Waals surface area contributed by atoms with Crippen molar-refractivity contribution in [3.05, 3.63) is 0 Å². The smallest absolute Gasteiger partial charge is 0.206 e. The van der Waals surface area contributed by atoms with Gasteiger partial charge in [-0.25, -0.2) is 5.84 Å². The van der Waals surface area contributed by atoms with Crippen molar-refractivity contribution >= 4 is 5.96 Å². The van der Waals surface area contributed by atoms with Crippen LogP contribution in [0.1, 0.15) is 25.7 Å². The van der Waals surface area contributed by atoms with E-state index < -0.39 is 0 Å². The van der Waals surface area contributed by atoms with Crippen LogP contribution in [0.4, 0.5) is 0 Å². The molecule has 1 atom stereocenters. The minimum Gasteiger partial charge on any atom is -0.353 e. The van der Waals surface area contributed by atoms with Crippen molar-refractivity contribution < 1.29 is 0 Å². The molecule has 4 N–H and O–H groups in total. The van der Waals surface area contributed by atoms with E-state index in [1.807, 2.05) is 0 Å². The first-order valence-corrected chi connectivity index (χ1v) is 5.77. The highest BCUT2D eigenvalue weighted by Crippen LogP contribution is 2.18. The van der Waals surface area contributed by atoms with Gasteiger partial charge >= 0.3 is 0 Å². The Balaban J connectivity index is 1.78. The van der Waals surface area contributed by atoms with Crippen molar-refractivity contribution in [2.75, 3.05) is 20.1 Å². The van der Waals surface area contributed by atoms with Gasteiger partial charge in [0.1, 0.15) is 0 Å². The van der Waals surface area contributed by atoms with E-state index in [1.54, 1.807) is 0 Å². The fourth-order valence-electron chi connectivity index (χ4n) is 1.96. The summed E-state index contributed by atoms with van der Waals surface area (Å²) in [6.07, 6.45) is 5.02. The summed E-state index contributed by atoms with van der Waals surface area (Å²) in [4.78, 5) is 6.85. The van der Waals surface area contributed by atoms with Crippen molar-refractivity contribution in [2.45, 2.75) is 37.8 Å². The van der Waals surface area contributed by atoms with Gasteiger partial charge in [-0.3, -0.25) is 10.4 Å². The second-order valence-electron chi connectivity index (χ2n) is 4.53. The van der Waals surface area contributed by atoms with Crippen molar-refractivity contribution in [1.82, 2.24) is 15.6 Å². The van der Waals surface area contributed by atoms with E-state index >= 15 is 0 Å². The first-order valence-electron chi connectivity index (χ1n) is 5.77. The summed E-state index contributed by atoms with van der Waals surface area (Å²) in [6.45, 7) is 2.04. The highest BCUT2D eigenvalue weighted by molar-refractivity contribution is 5.79. The molecule has 2 fully saturated rings. The predicted molar refractivity (Wildman–Crippen MR) is 61.4 cm³/mol. The van der Waals surface area contributed by atoms with Gasteiger partial charge in [-0.15, -0.1) is 0 Å². The number of hydrazine groups is 1. The summed E-state index contributed by atoms with van der Waals surface area (Å²) in [5, 5.41) is 3.27. The maximum atomic E-state index is 5.41. The lowest BCUT2D eigenvalue weighted by molar-refractivity contribution is 0.317. The van der Waals surface area contributed by atoms with Gasteiger partial charge in [-0.2, -0.15) is 0 Å². The van der Waals surface area contributed by atoms with Crippen LogP contribution >= 0.6 is 0 Å². The predicted octanol–water partition coefficient (Wildman–Crippen LogP) is -0.348. The fraction of sp³-hybridized carbons (Fsp3) is 0.900. The normalized spacial score (nSPS) is 28.1. The topological polar surface area (TPSA) is 65.7 Å². The standard InChI is InChI=1S/C10H21N5/c1-15-6-2-3-9(15)7-12-10(14-11)13-8-4-5-8/h8-9H,2-7,11H2,1H3,(H2,12,13,14). The Labute approximate surface area is 91.1 Å². The van der Waals surface area contributed by atoms with Crippen molar-refractivity contribution in [1.29, 1.82) is 0 Å². The molecule has 0 bridgehead atoms. The van der Waals surface area contributed by atoms with Gasteiger partial charge < -0.3 is 10.2 Å². The minimum atomic E-state index is 0.592. The molecule has 5 nitrogen and oxygen atoms in total. The number of rotatable bonds is 3. The van der Waals surface area contributed by atoms with E-state index in [0.717, 1.165) is 12.5 Å². The van der Waals surface area contributed by atoms with Crippen molar-refractivity contribution in [2.24, 2.45) is 10.8 Å². The summed E-state index contributed by atoms with van der Waals surface area (Å²) in [5.74, 6) is 6.16. The van der Waals surface area contributed by atoms with Crippen LogP contribution < -0.4 is 16.6 Å². The van der Waals surface area contributed by atoms with Gasteiger partial charge in [0.15, 0.2) is 0 Å². The second-order valence-corrected chi connectivity index (χ2v) is 4.53. The van der Waals surface area contributed by atoms with Crippen LogP contribution in [0, 0.1) is 0 Å². The Morgan fingerprint density at radius 1 is 1.47 bits per heavy atom. The molecule has 0 aromatic carbocycles. The summed E-state index contributed by atoms with van der Waals surface area (Å²) >= 11 is 0. The van der Waals surface area contributed by atoms with E-state index in [4.69, 9.17) is 5.84 Å². The lowest BCUT2D eigenvalue weighted by Gasteiger charge is -2.17. The highest BCUT2D eigenvalue weighted by atomic mass is 15.3. The number of hydrogen-bond acceptors (Lipinski definition) is 3. The third-order valence-corrected chi connectivity index (χ3v) is 3.19. The zero-order valence-corrected chi connectivity index (χ0v) is 9.37. The van der Waals surface area contributed by atoms with Gasteiger partial charge in [-0.1, -0.05) is 0 Å². The van der Waals surface area contributed by atoms with E-state index in [9.17, 15) is 0 Å².